The third kappa shape index (κ3) is 56.2. The van der Waals surface area contributed by atoms with Gasteiger partial charge < -0.3 is 24.2 Å². The maximum atomic E-state index is 12.9. The molecule has 0 saturated carbocycles. The van der Waals surface area contributed by atoms with Crippen LogP contribution in [0.1, 0.15) is 303 Å². The van der Waals surface area contributed by atoms with E-state index in [1.165, 1.54) is 154 Å². The van der Waals surface area contributed by atoms with Gasteiger partial charge in [-0.05, 0) is 77.0 Å². The van der Waals surface area contributed by atoms with Crippen molar-refractivity contribution in [2.45, 2.75) is 315 Å². The van der Waals surface area contributed by atoms with Gasteiger partial charge in [0.15, 0.2) is 6.10 Å². The number of carbonyl (C=O) groups excluding carboxylic acids is 3. The van der Waals surface area contributed by atoms with Crippen molar-refractivity contribution in [2.75, 3.05) is 26.4 Å². The first-order valence-electron chi connectivity index (χ1n) is 31.5. The Balaban J connectivity index is 4.68. The second-order valence-corrected chi connectivity index (χ2v) is 22.7. The lowest BCUT2D eigenvalue weighted by Crippen LogP contribution is -2.30. The standard InChI is InChI=1S/C64H117O11P/c1-4-7-10-13-16-19-22-25-28-29-30-31-34-35-38-41-44-47-50-53-62(66)71-57-61(75-64(68)55-52-49-46-43-40-37-33-27-24-21-18-15-12-9-6-3)59-73-76(69,70)72-58-60(56-65)74-63(67)54-51-48-45-42-39-36-32-26-23-20-17-14-11-8-5-2/h9,12,18,21,25,27-28,33,60-61,65H,4-8,10-11,13-17,19-20,22-24,26,29-32,34-59H2,1-3H3,(H,69,70)/b12-9-,21-18-,28-25-,33-27-. The summed E-state index contributed by atoms with van der Waals surface area (Å²) in [6.45, 7) is 4.56. The number of carbonyl (C=O) groups is 3. The number of aliphatic hydroxyl groups is 1. The number of esters is 3. The van der Waals surface area contributed by atoms with Crippen LogP contribution in [0.25, 0.3) is 0 Å². The van der Waals surface area contributed by atoms with E-state index >= 15 is 0 Å². The summed E-state index contributed by atoms with van der Waals surface area (Å²) < 4.78 is 39.6. The molecule has 0 amide bonds. The summed E-state index contributed by atoms with van der Waals surface area (Å²) in [5, 5.41) is 9.84. The van der Waals surface area contributed by atoms with Crippen LogP contribution in [0, 0.1) is 0 Å². The molecule has 12 heteroatoms. The van der Waals surface area contributed by atoms with Gasteiger partial charge in [0.2, 0.25) is 0 Å². The van der Waals surface area contributed by atoms with Crippen LogP contribution in [0.4, 0.5) is 0 Å². The van der Waals surface area contributed by atoms with E-state index in [-0.39, 0.29) is 25.9 Å². The van der Waals surface area contributed by atoms with E-state index in [1.54, 1.807) is 0 Å². The van der Waals surface area contributed by atoms with Gasteiger partial charge in [0.1, 0.15) is 12.7 Å². The predicted molar refractivity (Wildman–Crippen MR) is 316 cm³/mol. The Hall–Kier alpha value is -2.56. The highest BCUT2D eigenvalue weighted by molar-refractivity contribution is 7.47. The summed E-state index contributed by atoms with van der Waals surface area (Å²) in [4.78, 5) is 48.7. The van der Waals surface area contributed by atoms with E-state index < -0.39 is 57.8 Å². The molecule has 0 radical (unpaired) electrons. The summed E-state index contributed by atoms with van der Waals surface area (Å²) in [6.07, 6.45) is 63.5. The number of hydrogen-bond acceptors (Lipinski definition) is 10. The van der Waals surface area contributed by atoms with Crippen LogP contribution >= 0.6 is 7.82 Å². The number of ether oxygens (including phenoxy) is 3. The van der Waals surface area contributed by atoms with Crippen molar-refractivity contribution in [3.8, 4) is 0 Å². The van der Waals surface area contributed by atoms with Crippen LogP contribution in [-0.2, 0) is 42.2 Å². The van der Waals surface area contributed by atoms with E-state index in [4.69, 9.17) is 23.3 Å². The quantitative estimate of drug-likeness (QED) is 0.0197. The first-order chi connectivity index (χ1) is 37.2. The molecule has 444 valence electrons. The monoisotopic (exact) mass is 1090 g/mol. The first-order valence-corrected chi connectivity index (χ1v) is 33.0. The Morgan fingerprint density at radius 3 is 1.07 bits per heavy atom. The Morgan fingerprint density at radius 2 is 0.684 bits per heavy atom. The van der Waals surface area contributed by atoms with E-state index in [9.17, 15) is 28.9 Å². The molecule has 0 heterocycles. The van der Waals surface area contributed by atoms with Gasteiger partial charge in [-0.15, -0.1) is 0 Å². The fourth-order valence-corrected chi connectivity index (χ4v) is 9.74. The molecule has 2 N–H and O–H groups in total. The number of rotatable bonds is 59. The number of phosphoric acid groups is 1. The molecule has 0 spiro atoms. The summed E-state index contributed by atoms with van der Waals surface area (Å²) in [7, 11) is -4.75. The lowest BCUT2D eigenvalue weighted by molar-refractivity contribution is -0.161. The van der Waals surface area contributed by atoms with Gasteiger partial charge in [-0.25, -0.2) is 4.57 Å². The van der Waals surface area contributed by atoms with E-state index in [0.717, 1.165) is 89.9 Å². The zero-order valence-corrected chi connectivity index (χ0v) is 50.1. The van der Waals surface area contributed by atoms with Crippen molar-refractivity contribution in [1.29, 1.82) is 0 Å². The zero-order valence-electron chi connectivity index (χ0n) is 49.2. The van der Waals surface area contributed by atoms with Crippen LogP contribution in [-0.4, -0.2) is 66.5 Å². The average Bonchev–Trinajstić information content (AvgIpc) is 3.41. The summed E-state index contributed by atoms with van der Waals surface area (Å²) in [5.74, 6) is -1.47. The van der Waals surface area contributed by atoms with E-state index in [2.05, 4.69) is 69.4 Å². The third-order valence-corrected chi connectivity index (χ3v) is 14.7. The molecular formula is C64H117O11P. The van der Waals surface area contributed by atoms with Gasteiger partial charge in [0.05, 0.1) is 19.8 Å². The fraction of sp³-hybridized carbons (Fsp3) is 0.828. The molecule has 0 rings (SSSR count). The van der Waals surface area contributed by atoms with Gasteiger partial charge in [-0.2, -0.15) is 0 Å². The second-order valence-electron chi connectivity index (χ2n) is 21.2. The number of allylic oxidation sites excluding steroid dienone is 8. The number of unbranched alkanes of at least 4 members (excludes halogenated alkanes) is 34. The first kappa shape index (κ1) is 73.4. The molecule has 0 aliphatic carbocycles. The normalized spacial score (nSPS) is 13.6. The molecule has 0 aliphatic rings. The minimum atomic E-state index is -4.75. The topological polar surface area (TPSA) is 155 Å². The Kier molecular flexibility index (Phi) is 56.6. The molecular weight excluding hydrogens is 976 g/mol. The minimum Gasteiger partial charge on any atom is -0.462 e. The van der Waals surface area contributed by atoms with Gasteiger partial charge in [0.25, 0.3) is 0 Å². The molecule has 0 aromatic carbocycles. The molecule has 0 aromatic heterocycles. The van der Waals surface area contributed by atoms with Crippen molar-refractivity contribution in [2.24, 2.45) is 0 Å². The molecule has 3 atom stereocenters. The van der Waals surface area contributed by atoms with Crippen molar-refractivity contribution < 1.29 is 52.2 Å². The predicted octanol–water partition coefficient (Wildman–Crippen LogP) is 18.9. The second kappa shape index (κ2) is 58.6. The van der Waals surface area contributed by atoms with Crippen LogP contribution < -0.4 is 0 Å². The molecule has 0 fully saturated rings. The Morgan fingerprint density at radius 1 is 0.382 bits per heavy atom. The summed E-state index contributed by atoms with van der Waals surface area (Å²) in [5.41, 5.74) is 0. The van der Waals surface area contributed by atoms with Crippen LogP contribution in [0.5, 0.6) is 0 Å². The van der Waals surface area contributed by atoms with Crippen LogP contribution in [0.15, 0.2) is 48.6 Å². The Labute approximate surface area is 466 Å². The SMILES string of the molecule is CC/C=C\C/C=C\C/C=C\CCCCCCCC(=O)OC(COC(=O)CCCCCCCCCCC/C=C\CCCCCCCC)COP(=O)(O)OCC(CO)OC(=O)CCCCCCCCCCCCCCCCC. The Bertz CT molecular complexity index is 1460. The highest BCUT2D eigenvalue weighted by atomic mass is 31.2. The number of phosphoric ester groups is 1. The van der Waals surface area contributed by atoms with E-state index in [1.807, 2.05) is 0 Å². The fourth-order valence-electron chi connectivity index (χ4n) is 8.96. The number of hydrogen-bond donors (Lipinski definition) is 2. The highest BCUT2D eigenvalue weighted by Gasteiger charge is 2.28. The van der Waals surface area contributed by atoms with Crippen molar-refractivity contribution in [3.05, 3.63) is 48.6 Å². The third-order valence-electron chi connectivity index (χ3n) is 13.7. The molecule has 0 bridgehead atoms. The van der Waals surface area contributed by atoms with Crippen molar-refractivity contribution in [1.82, 2.24) is 0 Å². The maximum Gasteiger partial charge on any atom is 0.472 e. The maximum absolute atomic E-state index is 12.9. The molecule has 76 heavy (non-hydrogen) atoms. The molecule has 11 nitrogen and oxygen atoms in total. The molecule has 0 aromatic rings. The lowest BCUT2D eigenvalue weighted by atomic mass is 10.0. The zero-order chi connectivity index (χ0) is 55.5. The molecule has 0 saturated heterocycles. The van der Waals surface area contributed by atoms with Crippen molar-refractivity contribution >= 4 is 25.7 Å². The average molecular weight is 1090 g/mol. The van der Waals surface area contributed by atoms with Gasteiger partial charge in [-0.1, -0.05) is 256 Å². The smallest absolute Gasteiger partial charge is 0.462 e. The number of aliphatic hydroxyl groups excluding tert-OH is 1. The molecule has 3 unspecified atom stereocenters. The minimum absolute atomic E-state index is 0.150. The summed E-state index contributed by atoms with van der Waals surface area (Å²) in [6, 6.07) is 0. The van der Waals surface area contributed by atoms with Crippen molar-refractivity contribution in [3.63, 3.8) is 0 Å². The highest BCUT2D eigenvalue weighted by Crippen LogP contribution is 2.43. The van der Waals surface area contributed by atoms with E-state index in [0.29, 0.717) is 19.3 Å². The largest absolute Gasteiger partial charge is 0.472 e. The van der Waals surface area contributed by atoms with Gasteiger partial charge >= 0.3 is 25.7 Å². The summed E-state index contributed by atoms with van der Waals surface area (Å²) >= 11 is 0. The van der Waals surface area contributed by atoms with Crippen LogP contribution in [0.3, 0.4) is 0 Å². The lowest BCUT2D eigenvalue weighted by Gasteiger charge is -2.21. The van der Waals surface area contributed by atoms with Gasteiger partial charge in [0, 0.05) is 19.3 Å². The van der Waals surface area contributed by atoms with Gasteiger partial charge in [-0.3, -0.25) is 23.4 Å². The van der Waals surface area contributed by atoms with Crippen LogP contribution in [0.2, 0.25) is 0 Å². The molecule has 0 aliphatic heterocycles.